The number of aliphatic hydroxyl groups excluding tert-OH is 1. The van der Waals surface area contributed by atoms with Crippen molar-refractivity contribution >= 4 is 65.5 Å². The fourth-order valence-corrected chi connectivity index (χ4v) is 5.46. The minimum atomic E-state index is -4.12. The van der Waals surface area contributed by atoms with E-state index in [0.717, 1.165) is 19.3 Å². The molecule has 2 aliphatic heterocycles. The molecule has 5 rings (SSSR count). The summed E-state index contributed by atoms with van der Waals surface area (Å²) in [5, 5.41) is 14.1. The van der Waals surface area contributed by atoms with Gasteiger partial charge in [-0.2, -0.15) is 4.76 Å². The fourth-order valence-electron chi connectivity index (χ4n) is 4.16. The van der Waals surface area contributed by atoms with Crippen LogP contribution in [0, 0.1) is 17.7 Å². The number of hydrogen-bond donors (Lipinski definition) is 3. The average molecular weight is 452 g/mol. The SMILES string of the molecule is O=C1C(C2=NP(=O)(O)c3ccccc3N2)C(O)c2cc(F)ccc2N1CCC1CC1.[Na]. The molecule has 3 aliphatic rings. The maximum atomic E-state index is 14.0. The Bertz CT molecular complexity index is 1120. The van der Waals surface area contributed by atoms with Crippen LogP contribution < -0.4 is 15.5 Å². The third-order valence-electron chi connectivity index (χ3n) is 5.92. The summed E-state index contributed by atoms with van der Waals surface area (Å²) < 4.78 is 30.7. The molecule has 0 bridgehead atoms. The summed E-state index contributed by atoms with van der Waals surface area (Å²) in [6, 6.07) is 10.4. The summed E-state index contributed by atoms with van der Waals surface area (Å²) in [4.78, 5) is 25.4. The van der Waals surface area contributed by atoms with Crippen LogP contribution in [0.25, 0.3) is 0 Å². The summed E-state index contributed by atoms with van der Waals surface area (Å²) >= 11 is 0. The van der Waals surface area contributed by atoms with Crippen molar-refractivity contribution < 1.29 is 23.7 Å². The number of fused-ring (bicyclic) bond motifs is 2. The van der Waals surface area contributed by atoms with Crippen molar-refractivity contribution in [3.63, 3.8) is 0 Å². The van der Waals surface area contributed by atoms with E-state index in [-0.39, 0.29) is 46.3 Å². The van der Waals surface area contributed by atoms with E-state index < -0.39 is 31.3 Å². The molecule has 157 valence electrons. The first-order valence-corrected chi connectivity index (χ1v) is 11.5. The number of aliphatic hydroxyl groups is 1. The normalized spacial score (nSPS) is 26.9. The number of amides is 1. The van der Waals surface area contributed by atoms with E-state index >= 15 is 0 Å². The first kappa shape index (κ1) is 22.6. The Morgan fingerprint density at radius 1 is 1.23 bits per heavy atom. The molecule has 1 radical (unpaired) electrons. The number of nitrogens with one attached hydrogen (secondary N) is 1. The number of anilines is 2. The minimum absolute atomic E-state index is 0. The predicted octanol–water partition coefficient (Wildman–Crippen LogP) is 2.58. The van der Waals surface area contributed by atoms with Crippen LogP contribution in [-0.4, -0.2) is 57.8 Å². The molecule has 2 aromatic rings. The van der Waals surface area contributed by atoms with Crippen molar-refractivity contribution in [1.82, 2.24) is 0 Å². The van der Waals surface area contributed by atoms with E-state index in [4.69, 9.17) is 0 Å². The Balaban J connectivity index is 0.00000231. The molecular weight excluding hydrogens is 431 g/mol. The Morgan fingerprint density at radius 3 is 2.71 bits per heavy atom. The number of hydrogen-bond acceptors (Lipinski definition) is 4. The zero-order valence-corrected chi connectivity index (χ0v) is 19.9. The fraction of sp³-hybridized carbons (Fsp3) is 0.333. The molecule has 1 saturated carbocycles. The van der Waals surface area contributed by atoms with Crippen LogP contribution >= 0.6 is 7.52 Å². The monoisotopic (exact) mass is 452 g/mol. The van der Waals surface area contributed by atoms with Gasteiger partial charge in [0.05, 0.1) is 17.1 Å². The smallest absolute Gasteiger partial charge is 0.345 e. The van der Waals surface area contributed by atoms with Gasteiger partial charge in [-0.05, 0) is 42.7 Å². The van der Waals surface area contributed by atoms with Crippen LogP contribution in [0.4, 0.5) is 15.8 Å². The minimum Gasteiger partial charge on any atom is -0.387 e. The Labute approximate surface area is 201 Å². The molecule has 0 saturated heterocycles. The third kappa shape index (κ3) is 4.13. The van der Waals surface area contributed by atoms with Gasteiger partial charge in [-0.3, -0.25) is 9.36 Å². The molecule has 0 aromatic heterocycles. The number of benzene rings is 2. The Morgan fingerprint density at radius 2 is 1.97 bits per heavy atom. The average Bonchev–Trinajstić information content (AvgIpc) is 3.52. The molecule has 31 heavy (non-hydrogen) atoms. The standard InChI is InChI=1S/C21H21FN3O4P.Na/c22-13-7-8-16-14(11-13)19(26)18(21(27)25(16)10-9-12-5-6-12)20-23-15-3-1-2-4-17(15)30(28,29)24-20;/h1-4,7-8,11-12,18-19,26H,5-6,9-10H2,(H2,23,24,28,29);. The summed E-state index contributed by atoms with van der Waals surface area (Å²) in [7, 11) is -4.12. The second-order valence-corrected chi connectivity index (χ2v) is 9.79. The quantitative estimate of drug-likeness (QED) is 0.489. The maximum absolute atomic E-state index is 14.0. The number of nitrogens with zero attached hydrogens (tertiary/aromatic N) is 2. The number of amidine groups is 1. The van der Waals surface area contributed by atoms with E-state index in [0.29, 0.717) is 23.8 Å². The van der Waals surface area contributed by atoms with Crippen molar-refractivity contribution in [1.29, 1.82) is 0 Å². The molecule has 10 heteroatoms. The van der Waals surface area contributed by atoms with Crippen molar-refractivity contribution in [2.45, 2.75) is 25.4 Å². The molecule has 1 aliphatic carbocycles. The van der Waals surface area contributed by atoms with Gasteiger partial charge < -0.3 is 20.2 Å². The number of para-hydroxylation sites is 1. The van der Waals surface area contributed by atoms with Crippen molar-refractivity contribution in [3.05, 3.63) is 53.8 Å². The van der Waals surface area contributed by atoms with Gasteiger partial charge in [0.15, 0.2) is 0 Å². The second-order valence-electron chi connectivity index (χ2n) is 8.02. The van der Waals surface area contributed by atoms with Crippen LogP contribution in [0.15, 0.2) is 47.2 Å². The van der Waals surface area contributed by atoms with Gasteiger partial charge in [0.1, 0.15) is 17.6 Å². The Kier molecular flexibility index (Phi) is 6.16. The van der Waals surface area contributed by atoms with E-state index in [1.54, 1.807) is 18.2 Å². The first-order valence-electron chi connectivity index (χ1n) is 9.93. The number of carbonyl (C=O) groups is 1. The van der Waals surface area contributed by atoms with E-state index in [1.807, 2.05) is 0 Å². The Hall–Kier alpha value is -1.54. The largest absolute Gasteiger partial charge is 0.387 e. The van der Waals surface area contributed by atoms with Gasteiger partial charge in [0, 0.05) is 47.4 Å². The van der Waals surface area contributed by atoms with E-state index in [1.165, 1.54) is 29.2 Å². The van der Waals surface area contributed by atoms with Crippen LogP contribution in [0.1, 0.15) is 30.9 Å². The maximum Gasteiger partial charge on any atom is 0.345 e. The van der Waals surface area contributed by atoms with Crippen molar-refractivity contribution in [2.75, 3.05) is 16.8 Å². The second kappa shape index (κ2) is 8.43. The molecule has 2 heterocycles. The number of halogens is 1. The predicted molar refractivity (Wildman–Crippen MR) is 117 cm³/mol. The molecule has 1 amide bonds. The molecule has 2 aromatic carbocycles. The molecular formula is C21H21FN3NaO4P. The summed E-state index contributed by atoms with van der Waals surface area (Å²) in [5.74, 6) is -1.69. The van der Waals surface area contributed by atoms with Crippen molar-refractivity contribution in [2.24, 2.45) is 16.6 Å². The topological polar surface area (TPSA) is 102 Å². The third-order valence-corrected chi connectivity index (χ3v) is 7.43. The van der Waals surface area contributed by atoms with Crippen LogP contribution in [0.5, 0.6) is 0 Å². The summed E-state index contributed by atoms with van der Waals surface area (Å²) in [6.07, 6.45) is 1.68. The van der Waals surface area contributed by atoms with Gasteiger partial charge >= 0.3 is 7.52 Å². The van der Waals surface area contributed by atoms with Gasteiger partial charge in [-0.1, -0.05) is 25.0 Å². The molecule has 0 spiro atoms. The van der Waals surface area contributed by atoms with Gasteiger partial charge in [0.25, 0.3) is 0 Å². The number of carbonyl (C=O) groups excluding carboxylic acids is 1. The van der Waals surface area contributed by atoms with Gasteiger partial charge in [-0.15, -0.1) is 0 Å². The molecule has 3 unspecified atom stereocenters. The summed E-state index contributed by atoms with van der Waals surface area (Å²) in [5.41, 5.74) is 1.10. The van der Waals surface area contributed by atoms with Crippen molar-refractivity contribution in [3.8, 4) is 0 Å². The van der Waals surface area contributed by atoms with E-state index in [2.05, 4.69) is 10.1 Å². The molecule has 3 atom stereocenters. The first-order chi connectivity index (χ1) is 14.3. The summed E-state index contributed by atoms with van der Waals surface area (Å²) in [6.45, 7) is 0.437. The van der Waals surface area contributed by atoms with Crippen LogP contribution in [0.2, 0.25) is 0 Å². The van der Waals surface area contributed by atoms with E-state index in [9.17, 15) is 23.7 Å². The van der Waals surface area contributed by atoms with Gasteiger partial charge in [-0.25, -0.2) is 4.39 Å². The zero-order chi connectivity index (χ0) is 21.0. The van der Waals surface area contributed by atoms with Crippen LogP contribution in [-0.2, 0) is 9.36 Å². The zero-order valence-electron chi connectivity index (χ0n) is 17.0. The van der Waals surface area contributed by atoms with Gasteiger partial charge in [0.2, 0.25) is 5.91 Å². The number of rotatable bonds is 4. The van der Waals surface area contributed by atoms with Crippen LogP contribution in [0.3, 0.4) is 0 Å². The molecule has 3 N–H and O–H groups in total. The molecule has 7 nitrogen and oxygen atoms in total. The molecule has 1 fully saturated rings.